The van der Waals surface area contributed by atoms with Gasteiger partial charge >= 0.3 is 0 Å². The maximum atomic E-state index is 4.41. The molecule has 2 heterocycles. The van der Waals surface area contributed by atoms with Crippen molar-refractivity contribution in [3.05, 3.63) is 96.6 Å². The van der Waals surface area contributed by atoms with E-state index in [1.807, 2.05) is 35.7 Å². The molecule has 2 aromatic rings. The van der Waals surface area contributed by atoms with Crippen LogP contribution in [0.4, 0.5) is 5.69 Å². The van der Waals surface area contributed by atoms with Gasteiger partial charge < -0.3 is 4.90 Å². The summed E-state index contributed by atoms with van der Waals surface area (Å²) >= 11 is 3.71. The lowest BCUT2D eigenvalue weighted by molar-refractivity contribution is 1.01. The van der Waals surface area contributed by atoms with Crippen LogP contribution in [0.3, 0.4) is 0 Å². The SMILES string of the molecule is C=C\C=C/C1=C/C(=C)c2cc3c(cc2N(C)C/C=C\1C)Sc1ccccc1S3. The molecule has 0 bridgehead atoms. The van der Waals surface area contributed by atoms with Gasteiger partial charge in [-0.15, -0.1) is 0 Å². The fourth-order valence-corrected chi connectivity index (χ4v) is 5.63. The Labute approximate surface area is 176 Å². The minimum absolute atomic E-state index is 0.860. The first-order valence-electron chi connectivity index (χ1n) is 9.28. The zero-order valence-electron chi connectivity index (χ0n) is 16.2. The molecule has 0 atom stereocenters. The first kappa shape index (κ1) is 19.0. The van der Waals surface area contributed by atoms with Crippen LogP contribution >= 0.6 is 23.5 Å². The Morgan fingerprint density at radius 2 is 1.71 bits per heavy atom. The van der Waals surface area contributed by atoms with Crippen molar-refractivity contribution in [3.8, 4) is 0 Å². The van der Waals surface area contributed by atoms with E-state index in [1.165, 1.54) is 42.0 Å². The van der Waals surface area contributed by atoms with Crippen LogP contribution in [0.15, 0.2) is 111 Å². The molecule has 0 aliphatic carbocycles. The number of hydrogen-bond acceptors (Lipinski definition) is 3. The van der Waals surface area contributed by atoms with E-state index in [0.29, 0.717) is 0 Å². The number of fused-ring (bicyclic) bond motifs is 3. The third-order valence-corrected chi connectivity index (χ3v) is 7.50. The number of rotatable bonds is 2. The van der Waals surface area contributed by atoms with Gasteiger partial charge in [-0.25, -0.2) is 0 Å². The van der Waals surface area contributed by atoms with Gasteiger partial charge in [0.15, 0.2) is 0 Å². The van der Waals surface area contributed by atoms with E-state index < -0.39 is 0 Å². The number of allylic oxidation sites excluding steroid dienone is 7. The highest BCUT2D eigenvalue weighted by molar-refractivity contribution is 8.05. The topological polar surface area (TPSA) is 3.24 Å². The zero-order chi connectivity index (χ0) is 19.7. The van der Waals surface area contributed by atoms with Crippen molar-refractivity contribution in [1.29, 1.82) is 0 Å². The molecule has 2 aliphatic rings. The average molecular weight is 402 g/mol. The Hall–Kier alpha value is -2.36. The first-order chi connectivity index (χ1) is 13.6. The lowest BCUT2D eigenvalue weighted by Gasteiger charge is -2.25. The van der Waals surface area contributed by atoms with Crippen molar-refractivity contribution in [2.45, 2.75) is 26.5 Å². The monoisotopic (exact) mass is 401 g/mol. The molecule has 2 aromatic carbocycles. The summed E-state index contributed by atoms with van der Waals surface area (Å²) in [7, 11) is 2.15. The van der Waals surface area contributed by atoms with E-state index in [9.17, 15) is 0 Å². The second-order valence-electron chi connectivity index (χ2n) is 6.95. The van der Waals surface area contributed by atoms with Crippen LogP contribution in [0.5, 0.6) is 0 Å². The van der Waals surface area contributed by atoms with Gasteiger partial charge in [0.1, 0.15) is 0 Å². The Morgan fingerprint density at radius 1 is 1.04 bits per heavy atom. The number of anilines is 1. The predicted octanol–water partition coefficient (Wildman–Crippen LogP) is 7.38. The van der Waals surface area contributed by atoms with Gasteiger partial charge in [-0.05, 0) is 54.0 Å². The third-order valence-electron chi connectivity index (χ3n) is 4.98. The molecule has 0 fully saturated rings. The molecule has 0 radical (unpaired) electrons. The van der Waals surface area contributed by atoms with Crippen LogP contribution in [-0.4, -0.2) is 13.6 Å². The van der Waals surface area contributed by atoms with E-state index in [2.05, 4.69) is 86.7 Å². The summed E-state index contributed by atoms with van der Waals surface area (Å²) in [4.78, 5) is 7.58. The van der Waals surface area contributed by atoms with E-state index in [1.54, 1.807) is 0 Å². The quantitative estimate of drug-likeness (QED) is 0.412. The van der Waals surface area contributed by atoms with Crippen molar-refractivity contribution in [1.82, 2.24) is 0 Å². The molecule has 0 unspecified atom stereocenters. The second kappa shape index (κ2) is 7.94. The lowest BCUT2D eigenvalue weighted by Crippen LogP contribution is -2.18. The van der Waals surface area contributed by atoms with E-state index in [-0.39, 0.29) is 0 Å². The molecule has 1 nitrogen and oxygen atoms in total. The largest absolute Gasteiger partial charge is 0.370 e. The highest BCUT2D eigenvalue weighted by atomic mass is 32.2. The molecule has 3 heteroatoms. The van der Waals surface area contributed by atoms with Crippen molar-refractivity contribution in [2.24, 2.45) is 0 Å². The molecular formula is C25H23NS2. The Balaban J connectivity index is 1.82. The predicted molar refractivity (Wildman–Crippen MR) is 125 cm³/mol. The fraction of sp³-hybridized carbons (Fsp3) is 0.120. The van der Waals surface area contributed by atoms with E-state index in [0.717, 1.165) is 12.1 Å². The number of benzene rings is 2. The number of hydrogen-bond donors (Lipinski definition) is 0. The van der Waals surface area contributed by atoms with Crippen LogP contribution in [-0.2, 0) is 0 Å². The van der Waals surface area contributed by atoms with Gasteiger partial charge in [0, 0.05) is 44.4 Å². The van der Waals surface area contributed by atoms with Gasteiger partial charge in [0.2, 0.25) is 0 Å². The molecule has 140 valence electrons. The van der Waals surface area contributed by atoms with Crippen LogP contribution in [0.2, 0.25) is 0 Å². The van der Waals surface area contributed by atoms with E-state index >= 15 is 0 Å². The summed E-state index contributed by atoms with van der Waals surface area (Å²) in [6.45, 7) is 11.2. The smallest absolute Gasteiger partial charge is 0.0458 e. The number of nitrogens with zero attached hydrogens (tertiary/aromatic N) is 1. The fourth-order valence-electron chi connectivity index (χ4n) is 3.36. The summed E-state index contributed by atoms with van der Waals surface area (Å²) < 4.78 is 0. The number of likely N-dealkylation sites (N-methyl/N-ethyl adjacent to an activating group) is 1. The van der Waals surface area contributed by atoms with E-state index in [4.69, 9.17) is 0 Å². The standard InChI is InChI=1S/C25H23NS2/c1-5-6-9-19-14-18(3)20-15-24-25(16-21(20)26(4)13-12-17(19)2)28-23-11-8-7-10-22(23)27-24/h5-12,14-16H,1,3,13H2,2,4H3/b9-6-,17-12-,19-14-. The maximum absolute atomic E-state index is 4.41. The van der Waals surface area contributed by atoms with Crippen molar-refractivity contribution >= 4 is 34.8 Å². The molecule has 0 spiro atoms. The minimum atomic E-state index is 0.860. The van der Waals surface area contributed by atoms with Gasteiger partial charge in [0.25, 0.3) is 0 Å². The molecule has 2 aliphatic heterocycles. The average Bonchev–Trinajstić information content (AvgIpc) is 2.74. The summed E-state index contributed by atoms with van der Waals surface area (Å²) in [6, 6.07) is 13.3. The van der Waals surface area contributed by atoms with Gasteiger partial charge in [-0.1, -0.05) is 73.1 Å². The highest BCUT2D eigenvalue weighted by Gasteiger charge is 2.21. The van der Waals surface area contributed by atoms with Crippen molar-refractivity contribution < 1.29 is 0 Å². The molecule has 0 N–H and O–H groups in total. The molecule has 0 saturated carbocycles. The molecule has 28 heavy (non-hydrogen) atoms. The first-order valence-corrected chi connectivity index (χ1v) is 10.9. The van der Waals surface area contributed by atoms with Gasteiger partial charge in [-0.2, -0.15) is 0 Å². The summed E-state index contributed by atoms with van der Waals surface area (Å²) in [6.07, 6.45) is 10.4. The summed E-state index contributed by atoms with van der Waals surface area (Å²) in [5.74, 6) is 0. The maximum Gasteiger partial charge on any atom is 0.0458 e. The Bertz CT molecular complexity index is 1060. The second-order valence-corrected chi connectivity index (χ2v) is 9.12. The summed E-state index contributed by atoms with van der Waals surface area (Å²) in [5.41, 5.74) is 5.88. The third kappa shape index (κ3) is 3.65. The Kier molecular flexibility index (Phi) is 5.38. The van der Waals surface area contributed by atoms with Crippen LogP contribution in [0.25, 0.3) is 5.57 Å². The molecule has 0 aromatic heterocycles. The van der Waals surface area contributed by atoms with Crippen LogP contribution in [0.1, 0.15) is 12.5 Å². The van der Waals surface area contributed by atoms with Crippen molar-refractivity contribution in [3.63, 3.8) is 0 Å². The van der Waals surface area contributed by atoms with Gasteiger partial charge in [-0.3, -0.25) is 0 Å². The van der Waals surface area contributed by atoms with Crippen LogP contribution in [0, 0.1) is 0 Å². The highest BCUT2D eigenvalue weighted by Crippen LogP contribution is 2.50. The zero-order valence-corrected chi connectivity index (χ0v) is 17.9. The summed E-state index contributed by atoms with van der Waals surface area (Å²) in [5, 5.41) is 0. The van der Waals surface area contributed by atoms with Crippen molar-refractivity contribution in [2.75, 3.05) is 18.5 Å². The lowest BCUT2D eigenvalue weighted by atomic mass is 9.99. The van der Waals surface area contributed by atoms with Crippen LogP contribution < -0.4 is 4.90 Å². The Morgan fingerprint density at radius 3 is 2.39 bits per heavy atom. The molecule has 0 saturated heterocycles. The van der Waals surface area contributed by atoms with Gasteiger partial charge in [0.05, 0.1) is 0 Å². The minimum Gasteiger partial charge on any atom is -0.370 e. The molecule has 0 amide bonds. The molecule has 4 rings (SSSR count). The normalized spacial score (nSPS) is 19.9. The molecular weight excluding hydrogens is 378 g/mol.